The lowest BCUT2D eigenvalue weighted by Gasteiger charge is -2.19. The van der Waals surface area contributed by atoms with Crippen molar-refractivity contribution in [1.82, 2.24) is 5.32 Å². The average Bonchev–Trinajstić information content (AvgIpc) is 3.19. The first-order chi connectivity index (χ1) is 8.35. The number of benzene rings is 1. The number of hydrogen-bond donors (Lipinski definition) is 1. The van der Waals surface area contributed by atoms with Gasteiger partial charge < -0.3 is 10.1 Å². The normalized spacial score (nSPS) is 16.8. The van der Waals surface area contributed by atoms with E-state index in [1.807, 2.05) is 12.1 Å². The Kier molecular flexibility index (Phi) is 4.43. The van der Waals surface area contributed by atoms with Crippen LogP contribution < -0.4 is 10.1 Å². The zero-order valence-corrected chi connectivity index (χ0v) is 10.9. The van der Waals surface area contributed by atoms with Gasteiger partial charge in [-0.05, 0) is 31.4 Å². The summed E-state index contributed by atoms with van der Waals surface area (Å²) in [6.45, 7) is 3.35. The molecule has 1 saturated carbocycles. The maximum Gasteiger partial charge on any atom is 0.123 e. The molecular formula is C15H23NO. The Bertz CT molecular complexity index is 347. The van der Waals surface area contributed by atoms with E-state index in [0.29, 0.717) is 6.04 Å². The van der Waals surface area contributed by atoms with Crippen LogP contribution >= 0.6 is 0 Å². The molecule has 0 aliphatic heterocycles. The van der Waals surface area contributed by atoms with Crippen molar-refractivity contribution in [3.8, 4) is 5.75 Å². The summed E-state index contributed by atoms with van der Waals surface area (Å²) in [4.78, 5) is 0. The van der Waals surface area contributed by atoms with Gasteiger partial charge in [-0.1, -0.05) is 38.0 Å². The van der Waals surface area contributed by atoms with Crippen LogP contribution in [-0.2, 0) is 0 Å². The Morgan fingerprint density at radius 2 is 2.12 bits per heavy atom. The van der Waals surface area contributed by atoms with Crippen LogP contribution in [0.5, 0.6) is 5.75 Å². The van der Waals surface area contributed by atoms with Gasteiger partial charge in [0.1, 0.15) is 5.75 Å². The van der Waals surface area contributed by atoms with Crippen LogP contribution in [0.25, 0.3) is 0 Å². The van der Waals surface area contributed by atoms with Crippen LogP contribution in [0.1, 0.15) is 44.2 Å². The van der Waals surface area contributed by atoms with Crippen molar-refractivity contribution in [3.05, 3.63) is 29.8 Å². The minimum Gasteiger partial charge on any atom is -0.496 e. The maximum absolute atomic E-state index is 5.43. The van der Waals surface area contributed by atoms with Gasteiger partial charge in [-0.15, -0.1) is 0 Å². The lowest BCUT2D eigenvalue weighted by Crippen LogP contribution is -2.22. The molecule has 17 heavy (non-hydrogen) atoms. The fraction of sp³-hybridized carbons (Fsp3) is 0.600. The number of rotatable bonds is 7. The highest BCUT2D eigenvalue weighted by atomic mass is 16.5. The molecule has 0 radical (unpaired) electrons. The summed E-state index contributed by atoms with van der Waals surface area (Å²) >= 11 is 0. The predicted molar refractivity (Wildman–Crippen MR) is 71.4 cm³/mol. The van der Waals surface area contributed by atoms with E-state index in [2.05, 4.69) is 24.4 Å². The molecule has 2 rings (SSSR count). The summed E-state index contributed by atoms with van der Waals surface area (Å²) in [5.74, 6) is 2.00. The van der Waals surface area contributed by atoms with Crippen molar-refractivity contribution >= 4 is 0 Å². The second-order valence-electron chi connectivity index (χ2n) is 4.89. The average molecular weight is 233 g/mol. The highest BCUT2D eigenvalue weighted by molar-refractivity contribution is 5.35. The van der Waals surface area contributed by atoms with E-state index in [1.54, 1.807) is 7.11 Å². The second-order valence-corrected chi connectivity index (χ2v) is 4.89. The molecule has 1 aromatic carbocycles. The largest absolute Gasteiger partial charge is 0.496 e. The van der Waals surface area contributed by atoms with Crippen molar-refractivity contribution in [1.29, 1.82) is 0 Å². The third-order valence-corrected chi connectivity index (χ3v) is 3.56. The van der Waals surface area contributed by atoms with Gasteiger partial charge in [-0.25, -0.2) is 0 Å². The quantitative estimate of drug-likeness (QED) is 0.778. The summed E-state index contributed by atoms with van der Waals surface area (Å²) in [6, 6.07) is 8.74. The zero-order chi connectivity index (χ0) is 12.1. The third-order valence-electron chi connectivity index (χ3n) is 3.56. The lowest BCUT2D eigenvalue weighted by atomic mass is 10.0. The summed E-state index contributed by atoms with van der Waals surface area (Å²) in [5.41, 5.74) is 1.29. The minimum atomic E-state index is 0.421. The molecule has 0 aromatic heterocycles. The van der Waals surface area contributed by atoms with Crippen LogP contribution in [0.15, 0.2) is 24.3 Å². The van der Waals surface area contributed by atoms with E-state index in [4.69, 9.17) is 4.74 Å². The van der Waals surface area contributed by atoms with Gasteiger partial charge in [0.15, 0.2) is 0 Å². The smallest absolute Gasteiger partial charge is 0.123 e. The minimum absolute atomic E-state index is 0.421. The molecule has 1 aromatic rings. The van der Waals surface area contributed by atoms with Gasteiger partial charge in [-0.3, -0.25) is 0 Å². The highest BCUT2D eigenvalue weighted by Gasteiger charge is 2.21. The summed E-state index contributed by atoms with van der Waals surface area (Å²) < 4.78 is 5.43. The summed E-state index contributed by atoms with van der Waals surface area (Å²) in [7, 11) is 1.75. The van der Waals surface area contributed by atoms with Gasteiger partial charge in [-0.2, -0.15) is 0 Å². The molecule has 1 aliphatic carbocycles. The van der Waals surface area contributed by atoms with Crippen molar-refractivity contribution in [2.75, 3.05) is 13.7 Å². The number of para-hydroxylation sites is 1. The van der Waals surface area contributed by atoms with Gasteiger partial charge in [0, 0.05) is 11.6 Å². The van der Waals surface area contributed by atoms with Crippen molar-refractivity contribution in [2.45, 2.75) is 38.6 Å². The molecule has 94 valence electrons. The van der Waals surface area contributed by atoms with Crippen LogP contribution in [0.2, 0.25) is 0 Å². The lowest BCUT2D eigenvalue weighted by molar-refractivity contribution is 0.395. The van der Waals surface area contributed by atoms with E-state index in [0.717, 1.165) is 24.6 Å². The molecule has 1 unspecified atom stereocenters. The molecule has 0 amide bonds. The van der Waals surface area contributed by atoms with Crippen LogP contribution in [0, 0.1) is 5.92 Å². The van der Waals surface area contributed by atoms with E-state index in [9.17, 15) is 0 Å². The Labute approximate surface area is 104 Å². The summed E-state index contributed by atoms with van der Waals surface area (Å²) in [5, 5.41) is 3.65. The molecule has 1 N–H and O–H groups in total. The number of ether oxygens (including phenoxy) is 1. The number of nitrogens with one attached hydrogen (secondary N) is 1. The van der Waals surface area contributed by atoms with E-state index >= 15 is 0 Å². The van der Waals surface area contributed by atoms with E-state index < -0.39 is 0 Å². The number of hydrogen-bond acceptors (Lipinski definition) is 2. The predicted octanol–water partition coefficient (Wildman–Crippen LogP) is 3.54. The Balaban J connectivity index is 1.94. The number of methoxy groups -OCH3 is 1. The standard InChI is InChI=1S/C15H23NO/c1-3-14(16-11-10-12-8-9-12)13-6-4-5-7-15(13)17-2/h4-7,12,14,16H,3,8-11H2,1-2H3. The Morgan fingerprint density at radius 3 is 2.76 bits per heavy atom. The fourth-order valence-corrected chi connectivity index (χ4v) is 2.30. The van der Waals surface area contributed by atoms with Gasteiger partial charge >= 0.3 is 0 Å². The SMILES string of the molecule is CCC(NCCC1CC1)c1ccccc1OC. The molecule has 1 atom stereocenters. The third kappa shape index (κ3) is 3.47. The maximum atomic E-state index is 5.43. The monoisotopic (exact) mass is 233 g/mol. The zero-order valence-electron chi connectivity index (χ0n) is 10.9. The molecule has 0 heterocycles. The van der Waals surface area contributed by atoms with Crippen LogP contribution in [0.4, 0.5) is 0 Å². The molecule has 0 bridgehead atoms. The first-order valence-corrected chi connectivity index (χ1v) is 6.71. The Hall–Kier alpha value is -1.02. The van der Waals surface area contributed by atoms with Crippen molar-refractivity contribution < 1.29 is 4.74 Å². The topological polar surface area (TPSA) is 21.3 Å². The van der Waals surface area contributed by atoms with Gasteiger partial charge in [0.2, 0.25) is 0 Å². The fourth-order valence-electron chi connectivity index (χ4n) is 2.30. The van der Waals surface area contributed by atoms with E-state index in [-0.39, 0.29) is 0 Å². The van der Waals surface area contributed by atoms with Gasteiger partial charge in [0.25, 0.3) is 0 Å². The van der Waals surface area contributed by atoms with Crippen LogP contribution in [-0.4, -0.2) is 13.7 Å². The second kappa shape index (κ2) is 6.06. The Morgan fingerprint density at radius 1 is 1.35 bits per heavy atom. The molecule has 1 aliphatic rings. The van der Waals surface area contributed by atoms with Crippen molar-refractivity contribution in [2.24, 2.45) is 5.92 Å². The van der Waals surface area contributed by atoms with Crippen LogP contribution in [0.3, 0.4) is 0 Å². The molecule has 1 fully saturated rings. The first kappa shape index (κ1) is 12.4. The first-order valence-electron chi connectivity index (χ1n) is 6.71. The molecule has 0 saturated heterocycles. The molecule has 0 spiro atoms. The molecule has 2 heteroatoms. The molecule has 2 nitrogen and oxygen atoms in total. The van der Waals surface area contributed by atoms with Gasteiger partial charge in [0.05, 0.1) is 7.11 Å². The summed E-state index contributed by atoms with van der Waals surface area (Å²) in [6.07, 6.45) is 5.30. The molecular weight excluding hydrogens is 210 g/mol. The van der Waals surface area contributed by atoms with E-state index in [1.165, 1.54) is 24.8 Å². The van der Waals surface area contributed by atoms with Crippen molar-refractivity contribution in [3.63, 3.8) is 0 Å². The highest BCUT2D eigenvalue weighted by Crippen LogP contribution is 2.32.